The Balaban J connectivity index is 5.15. The molecule has 0 N–H and O–H groups in total. The number of thiol groups is 1. The van der Waals surface area contributed by atoms with Gasteiger partial charge in [-0.05, 0) is 12.9 Å². The van der Waals surface area contributed by atoms with Crippen LogP contribution in [0.1, 0.15) is 0 Å². The fraction of sp³-hybridized carbons (Fsp3) is 1.00. The highest BCUT2D eigenvalue weighted by Crippen LogP contribution is 2.41. The van der Waals surface area contributed by atoms with Crippen LogP contribution in [0.3, 0.4) is 0 Å². The number of halogens is 6. The zero-order valence-corrected chi connectivity index (χ0v) is 7.64. The molecule has 0 radical (unpaired) electrons. The summed E-state index contributed by atoms with van der Waals surface area (Å²) in [6.07, 6.45) is -6.33. The van der Waals surface area contributed by atoms with Crippen LogP contribution in [0.15, 0.2) is 0 Å². The van der Waals surface area contributed by atoms with Crippen molar-refractivity contribution < 1.29 is 38.4 Å². The van der Waals surface area contributed by atoms with Crippen molar-refractivity contribution in [2.75, 3.05) is 0 Å². The fourth-order valence-corrected chi connectivity index (χ4v) is 1.15. The first-order valence-corrected chi connectivity index (χ1v) is 4.46. The zero-order valence-electron chi connectivity index (χ0n) is 5.93. The van der Waals surface area contributed by atoms with Gasteiger partial charge in [0.25, 0.3) is 5.50 Å². The maximum Gasteiger partial charge on any atom is 0.457 e. The molecule has 0 aliphatic rings. The van der Waals surface area contributed by atoms with Gasteiger partial charge in [-0.25, -0.2) is 4.39 Å². The van der Waals surface area contributed by atoms with Crippen molar-refractivity contribution in [2.24, 2.45) is 0 Å². The molecular formula is C3H2F6O3S2. The Morgan fingerprint density at radius 3 is 1.71 bits per heavy atom. The number of hydrogen-bond donors (Lipinski definition) is 1. The lowest BCUT2D eigenvalue weighted by Crippen LogP contribution is -2.48. The highest BCUT2D eigenvalue weighted by molar-refractivity contribution is 7.95. The minimum absolute atomic E-state index is 2.44. The van der Waals surface area contributed by atoms with E-state index in [4.69, 9.17) is 0 Å². The largest absolute Gasteiger partial charge is 0.457 e. The van der Waals surface area contributed by atoms with Gasteiger partial charge in [0.15, 0.2) is 0 Å². The highest BCUT2D eigenvalue weighted by Gasteiger charge is 2.67. The van der Waals surface area contributed by atoms with Crippen LogP contribution in [0.2, 0.25) is 0 Å². The van der Waals surface area contributed by atoms with Crippen LogP contribution in [-0.2, 0) is 13.7 Å². The molecule has 86 valence electrons. The molecule has 0 aromatic carbocycles. The second-order valence-electron chi connectivity index (χ2n) is 2.00. The normalized spacial score (nSPS) is 16.8. The van der Waals surface area contributed by atoms with E-state index in [9.17, 15) is 34.8 Å². The van der Waals surface area contributed by atoms with Gasteiger partial charge in [0.1, 0.15) is 0 Å². The molecule has 0 fully saturated rings. The first kappa shape index (κ1) is 13.8. The van der Waals surface area contributed by atoms with Crippen molar-refractivity contribution in [3.8, 4) is 0 Å². The quantitative estimate of drug-likeness (QED) is 0.479. The predicted octanol–water partition coefficient (Wildman–Crippen LogP) is 1.67. The Labute approximate surface area is 79.8 Å². The van der Waals surface area contributed by atoms with E-state index in [1.165, 1.54) is 0 Å². The summed E-state index contributed by atoms with van der Waals surface area (Å²) in [4.78, 5) is 0. The van der Waals surface area contributed by atoms with E-state index >= 15 is 0 Å². The van der Waals surface area contributed by atoms with Crippen LogP contribution in [0, 0.1) is 0 Å². The number of hydrogen-bond acceptors (Lipinski definition) is 4. The molecule has 0 aliphatic carbocycles. The molecule has 0 aromatic rings. The van der Waals surface area contributed by atoms with Crippen molar-refractivity contribution >= 4 is 23.0 Å². The second kappa shape index (κ2) is 3.77. The maximum atomic E-state index is 12.2. The van der Waals surface area contributed by atoms with Crippen LogP contribution >= 0.6 is 12.9 Å². The zero-order chi connectivity index (χ0) is 11.8. The summed E-state index contributed by atoms with van der Waals surface area (Å²) in [7, 11) is -5.71. The molecule has 11 heteroatoms. The van der Waals surface area contributed by atoms with E-state index < -0.39 is 27.7 Å². The van der Waals surface area contributed by atoms with E-state index in [1.807, 2.05) is 0 Å². The van der Waals surface area contributed by atoms with Crippen molar-refractivity contribution in [2.45, 2.75) is 17.6 Å². The molecule has 0 aromatic heterocycles. The molecule has 0 spiro atoms. The van der Waals surface area contributed by atoms with Gasteiger partial charge in [-0.3, -0.25) is 0 Å². The third-order valence-corrected chi connectivity index (χ3v) is 2.65. The number of alkyl halides is 6. The van der Waals surface area contributed by atoms with Gasteiger partial charge in [0.05, 0.1) is 0 Å². The maximum absolute atomic E-state index is 12.2. The molecule has 0 saturated heterocycles. The average molecular weight is 264 g/mol. The molecule has 0 amide bonds. The summed E-state index contributed by atoms with van der Waals surface area (Å²) in [6.45, 7) is 0. The molecule has 0 heterocycles. The smallest absolute Gasteiger partial charge is 0.220 e. The van der Waals surface area contributed by atoms with Crippen LogP contribution < -0.4 is 0 Å². The minimum Gasteiger partial charge on any atom is -0.220 e. The fourth-order valence-electron chi connectivity index (χ4n) is 0.348. The minimum atomic E-state index is -6.33. The average Bonchev–Trinajstić information content (AvgIpc) is 2.01. The van der Waals surface area contributed by atoms with E-state index in [0.29, 0.717) is 0 Å². The Hall–Kier alpha value is -0.160. The van der Waals surface area contributed by atoms with E-state index in [-0.39, 0.29) is 0 Å². The summed E-state index contributed by atoms with van der Waals surface area (Å²) in [5, 5.41) is 0. The van der Waals surface area contributed by atoms with E-state index in [2.05, 4.69) is 16.5 Å². The summed E-state index contributed by atoms with van der Waals surface area (Å²) in [5.41, 5.74) is -4.55. The van der Waals surface area contributed by atoms with E-state index in [0.717, 1.165) is 0 Å². The third-order valence-electron chi connectivity index (χ3n) is 1.02. The molecule has 0 bridgehead atoms. The van der Waals surface area contributed by atoms with Gasteiger partial charge in [0, 0.05) is 0 Å². The molecule has 14 heavy (non-hydrogen) atoms. The molecule has 1 unspecified atom stereocenters. The Bertz CT molecular complexity index is 294. The Morgan fingerprint density at radius 1 is 1.14 bits per heavy atom. The lowest BCUT2D eigenvalue weighted by atomic mass is 10.4. The van der Waals surface area contributed by atoms with Gasteiger partial charge in [0.2, 0.25) is 0 Å². The second-order valence-corrected chi connectivity index (χ2v) is 4.00. The van der Waals surface area contributed by atoms with Crippen LogP contribution in [0.4, 0.5) is 26.3 Å². The van der Waals surface area contributed by atoms with Crippen molar-refractivity contribution in [3.05, 3.63) is 0 Å². The first-order chi connectivity index (χ1) is 5.97. The summed E-state index contributed by atoms with van der Waals surface area (Å²) < 4.78 is 93.7. The summed E-state index contributed by atoms with van der Waals surface area (Å²) in [6, 6.07) is 0. The Kier molecular flexibility index (Phi) is 3.73. The lowest BCUT2D eigenvalue weighted by molar-refractivity contribution is -0.292. The van der Waals surface area contributed by atoms with Gasteiger partial charge < -0.3 is 0 Å². The lowest BCUT2D eigenvalue weighted by Gasteiger charge is -2.21. The van der Waals surface area contributed by atoms with Crippen molar-refractivity contribution in [3.63, 3.8) is 0 Å². The van der Waals surface area contributed by atoms with Gasteiger partial charge in [-0.15, -0.1) is 0 Å². The van der Waals surface area contributed by atoms with Gasteiger partial charge in [-0.1, -0.05) is 0 Å². The molecule has 1 atom stereocenters. The van der Waals surface area contributed by atoms with Crippen LogP contribution in [0.5, 0.6) is 0 Å². The SMILES string of the molecule is O=S(=O)(OS)C(F)C(F)(F)C(F)(F)F. The first-order valence-electron chi connectivity index (χ1n) is 2.62. The standard InChI is InChI=1S/C3H2F6O3S2/c4-1(14(10,11)12-13)2(5,6)3(7,8)9/h1,13H. The summed E-state index contributed by atoms with van der Waals surface area (Å²) in [5.74, 6) is -6.05. The Morgan fingerprint density at radius 2 is 1.50 bits per heavy atom. The van der Waals surface area contributed by atoms with Crippen molar-refractivity contribution in [1.29, 1.82) is 0 Å². The molecule has 0 aliphatic heterocycles. The monoisotopic (exact) mass is 264 g/mol. The van der Waals surface area contributed by atoms with Crippen LogP contribution in [0.25, 0.3) is 0 Å². The van der Waals surface area contributed by atoms with Gasteiger partial charge in [-0.2, -0.15) is 34.0 Å². The topological polar surface area (TPSA) is 43.4 Å². The van der Waals surface area contributed by atoms with Crippen LogP contribution in [-0.4, -0.2) is 26.0 Å². The van der Waals surface area contributed by atoms with Crippen molar-refractivity contribution in [1.82, 2.24) is 0 Å². The van der Waals surface area contributed by atoms with E-state index in [1.54, 1.807) is 0 Å². The highest BCUT2D eigenvalue weighted by atomic mass is 32.3. The molecule has 0 saturated carbocycles. The number of rotatable bonds is 3. The molecular weight excluding hydrogens is 262 g/mol. The summed E-state index contributed by atoms with van der Waals surface area (Å²) >= 11 is 2.44. The predicted molar refractivity (Wildman–Crippen MR) is 34.9 cm³/mol. The molecule has 3 nitrogen and oxygen atoms in total. The molecule has 0 rings (SSSR count). The third kappa shape index (κ3) is 2.45. The van der Waals surface area contributed by atoms with Gasteiger partial charge >= 0.3 is 22.2 Å².